The summed E-state index contributed by atoms with van der Waals surface area (Å²) in [6.07, 6.45) is 5.12. The molecule has 32 heavy (non-hydrogen) atoms. The molecule has 1 aliphatic heterocycles. The summed E-state index contributed by atoms with van der Waals surface area (Å²) in [5.41, 5.74) is 2.04. The van der Waals surface area contributed by atoms with Crippen LogP contribution in [0.3, 0.4) is 0 Å². The second kappa shape index (κ2) is 9.65. The van der Waals surface area contributed by atoms with Crippen LogP contribution in [0.5, 0.6) is 5.75 Å². The van der Waals surface area contributed by atoms with Gasteiger partial charge >= 0.3 is 0 Å². The number of imidazole rings is 1. The minimum atomic E-state index is -0.255. The lowest BCUT2D eigenvalue weighted by Crippen LogP contribution is -2.34. The van der Waals surface area contributed by atoms with Gasteiger partial charge in [0.2, 0.25) is 0 Å². The number of aromatic amines is 1. The van der Waals surface area contributed by atoms with E-state index in [1.54, 1.807) is 22.7 Å². The number of piperidine rings is 1. The highest BCUT2D eigenvalue weighted by Crippen LogP contribution is 2.29. The molecule has 0 atom stereocenters. The lowest BCUT2D eigenvalue weighted by atomic mass is 10.0. The number of ether oxygens (including phenoxy) is 1. The number of hydrogen-bond acceptors (Lipinski definition) is 6. The Morgan fingerprint density at radius 2 is 1.97 bits per heavy atom. The minimum Gasteiger partial charge on any atom is -0.493 e. The molecule has 170 valence electrons. The second-order valence-electron chi connectivity index (χ2n) is 8.33. The van der Waals surface area contributed by atoms with Crippen LogP contribution in [0, 0.1) is 6.92 Å². The molecule has 0 amide bonds. The first-order valence-corrected chi connectivity index (χ1v) is 11.5. The highest BCUT2D eigenvalue weighted by atomic mass is 16.5. The normalized spacial score (nSPS) is 14.7. The number of H-pyrrole nitrogens is 1. The summed E-state index contributed by atoms with van der Waals surface area (Å²) in [4.78, 5) is 35.5. The number of benzene rings is 1. The monoisotopic (exact) mass is 437 g/mol. The zero-order chi connectivity index (χ0) is 22.7. The maximum absolute atomic E-state index is 13.0. The molecule has 3 aromatic rings. The predicted octanol–water partition coefficient (Wildman–Crippen LogP) is 3.41. The van der Waals surface area contributed by atoms with Gasteiger partial charge in [-0.2, -0.15) is 0 Å². The molecule has 1 aliphatic rings. The first-order valence-electron chi connectivity index (χ1n) is 11.5. The fraction of sp³-hybridized carbons (Fsp3) is 0.500. The first-order chi connectivity index (χ1) is 15.5. The Morgan fingerprint density at radius 3 is 2.69 bits per heavy atom. The van der Waals surface area contributed by atoms with Crippen LogP contribution in [0.25, 0.3) is 16.9 Å². The van der Waals surface area contributed by atoms with Crippen LogP contribution in [-0.4, -0.2) is 56.5 Å². The molecule has 0 spiro atoms. The molecule has 1 aromatic carbocycles. The Labute approximate surface area is 187 Å². The third kappa shape index (κ3) is 4.46. The molecule has 4 rings (SSSR count). The number of Topliss-reactive ketones (excluding diaryl/α,β-unsaturated/α-hetero) is 1. The van der Waals surface area contributed by atoms with Gasteiger partial charge in [-0.05, 0) is 64.4 Å². The highest BCUT2D eigenvalue weighted by Gasteiger charge is 2.20. The van der Waals surface area contributed by atoms with Gasteiger partial charge in [-0.3, -0.25) is 14.5 Å². The molecule has 0 aliphatic carbocycles. The Kier molecular flexibility index (Phi) is 6.69. The van der Waals surface area contributed by atoms with E-state index in [0.29, 0.717) is 47.1 Å². The number of fused-ring (bicyclic) bond motifs is 1. The maximum atomic E-state index is 13.0. The van der Waals surface area contributed by atoms with Crippen LogP contribution in [0.2, 0.25) is 0 Å². The Morgan fingerprint density at radius 1 is 1.19 bits per heavy atom. The Hall–Kier alpha value is -3.00. The largest absolute Gasteiger partial charge is 0.493 e. The van der Waals surface area contributed by atoms with E-state index in [9.17, 15) is 9.59 Å². The maximum Gasteiger partial charge on any atom is 0.277 e. The topological polar surface area (TPSA) is 92.6 Å². The predicted molar refractivity (Wildman–Crippen MR) is 124 cm³/mol. The number of carbonyl (C=O) groups is 1. The molecule has 8 heteroatoms. The van der Waals surface area contributed by atoms with Crippen molar-refractivity contribution in [3.8, 4) is 17.1 Å². The Bertz CT molecular complexity index is 1170. The standard InChI is InChI=1S/C24H31N5O3/c1-4-9-21-25-16(3)22-24(31)26-23(27-29(21)22)18-14-17(10-11-20(18)32-5-2)19(30)15-28-12-7-6-8-13-28/h10-11,14H,4-9,12-13,15H2,1-3H3,(H,26,27,31). The lowest BCUT2D eigenvalue weighted by Gasteiger charge is -2.25. The van der Waals surface area contributed by atoms with Crippen molar-refractivity contribution in [1.29, 1.82) is 0 Å². The van der Waals surface area contributed by atoms with Crippen LogP contribution >= 0.6 is 0 Å². The summed E-state index contributed by atoms with van der Waals surface area (Å²) in [5, 5.41) is 4.70. The van der Waals surface area contributed by atoms with Crippen molar-refractivity contribution in [2.24, 2.45) is 0 Å². The van der Waals surface area contributed by atoms with Crippen molar-refractivity contribution in [2.45, 2.75) is 52.9 Å². The summed E-state index contributed by atoms with van der Waals surface area (Å²) in [6.45, 7) is 8.56. The number of nitrogens with zero attached hydrogens (tertiary/aromatic N) is 4. The van der Waals surface area contributed by atoms with Gasteiger partial charge in [-0.15, -0.1) is 5.10 Å². The van der Waals surface area contributed by atoms with Crippen molar-refractivity contribution in [2.75, 3.05) is 26.2 Å². The number of likely N-dealkylation sites (tertiary alicyclic amines) is 1. The minimum absolute atomic E-state index is 0.0600. The molecule has 1 fully saturated rings. The molecule has 0 radical (unpaired) electrons. The van der Waals surface area contributed by atoms with Crippen molar-refractivity contribution in [1.82, 2.24) is 24.5 Å². The van der Waals surface area contributed by atoms with E-state index < -0.39 is 0 Å². The zero-order valence-corrected chi connectivity index (χ0v) is 19.1. The quantitative estimate of drug-likeness (QED) is 0.543. The number of rotatable bonds is 8. The number of carbonyl (C=O) groups excluding carboxylic acids is 1. The average molecular weight is 438 g/mol. The van der Waals surface area contributed by atoms with Gasteiger partial charge in [-0.25, -0.2) is 9.50 Å². The van der Waals surface area contributed by atoms with Gasteiger partial charge in [0.05, 0.1) is 24.4 Å². The molecule has 0 bridgehead atoms. The third-order valence-electron chi connectivity index (χ3n) is 5.89. The van der Waals surface area contributed by atoms with Crippen molar-refractivity contribution in [3.05, 3.63) is 45.6 Å². The number of aromatic nitrogens is 4. The molecule has 8 nitrogen and oxygen atoms in total. The SMILES string of the molecule is CCCc1nc(C)c2c(=O)[nH]c(-c3cc(C(=O)CN4CCCCC4)ccc3OCC)nn12. The van der Waals surface area contributed by atoms with Crippen molar-refractivity contribution < 1.29 is 9.53 Å². The van der Waals surface area contributed by atoms with Crippen LogP contribution in [0.15, 0.2) is 23.0 Å². The summed E-state index contributed by atoms with van der Waals surface area (Å²) in [7, 11) is 0. The number of hydrogen-bond donors (Lipinski definition) is 1. The first kappa shape index (κ1) is 22.2. The molecular formula is C24H31N5O3. The molecule has 1 N–H and O–H groups in total. The molecule has 2 aromatic heterocycles. The fourth-order valence-electron chi connectivity index (χ4n) is 4.32. The van der Waals surface area contributed by atoms with Crippen LogP contribution in [0.1, 0.15) is 61.4 Å². The van der Waals surface area contributed by atoms with Gasteiger partial charge in [0.25, 0.3) is 5.56 Å². The number of nitrogens with one attached hydrogen (secondary N) is 1. The van der Waals surface area contributed by atoms with Gasteiger partial charge in [-0.1, -0.05) is 13.3 Å². The zero-order valence-electron chi connectivity index (χ0n) is 19.1. The van der Waals surface area contributed by atoms with E-state index in [2.05, 4.69) is 21.8 Å². The van der Waals surface area contributed by atoms with E-state index in [1.165, 1.54) is 6.42 Å². The van der Waals surface area contributed by atoms with E-state index >= 15 is 0 Å². The Balaban J connectivity index is 1.76. The van der Waals surface area contributed by atoms with Crippen molar-refractivity contribution >= 4 is 11.3 Å². The summed E-state index contributed by atoms with van der Waals surface area (Å²) < 4.78 is 7.43. The molecular weight excluding hydrogens is 406 g/mol. The van der Waals surface area contributed by atoms with E-state index in [1.807, 2.05) is 13.8 Å². The lowest BCUT2D eigenvalue weighted by molar-refractivity contribution is 0.0915. The third-order valence-corrected chi connectivity index (χ3v) is 5.89. The molecule has 3 heterocycles. The van der Waals surface area contributed by atoms with Crippen LogP contribution < -0.4 is 10.3 Å². The average Bonchev–Trinajstić information content (AvgIpc) is 3.10. The fourth-order valence-corrected chi connectivity index (χ4v) is 4.32. The number of ketones is 1. The van der Waals surface area contributed by atoms with Crippen LogP contribution in [-0.2, 0) is 6.42 Å². The van der Waals surface area contributed by atoms with E-state index in [-0.39, 0.29) is 11.3 Å². The molecule has 1 saturated heterocycles. The van der Waals surface area contributed by atoms with Gasteiger partial charge in [0.1, 0.15) is 11.6 Å². The molecule has 0 saturated carbocycles. The molecule has 0 unspecified atom stereocenters. The summed E-state index contributed by atoms with van der Waals surface area (Å²) in [6, 6.07) is 5.37. The van der Waals surface area contributed by atoms with Crippen molar-refractivity contribution in [3.63, 3.8) is 0 Å². The number of aryl methyl sites for hydroxylation is 2. The van der Waals surface area contributed by atoms with E-state index in [0.717, 1.165) is 44.6 Å². The van der Waals surface area contributed by atoms with Gasteiger partial charge in [0, 0.05) is 12.0 Å². The smallest absolute Gasteiger partial charge is 0.277 e. The summed E-state index contributed by atoms with van der Waals surface area (Å²) >= 11 is 0. The van der Waals surface area contributed by atoms with Crippen LogP contribution in [0.4, 0.5) is 0 Å². The second-order valence-corrected chi connectivity index (χ2v) is 8.33. The van der Waals surface area contributed by atoms with Gasteiger partial charge < -0.3 is 9.72 Å². The van der Waals surface area contributed by atoms with Gasteiger partial charge in [0.15, 0.2) is 17.1 Å². The summed E-state index contributed by atoms with van der Waals surface area (Å²) in [5.74, 6) is 1.76. The highest BCUT2D eigenvalue weighted by molar-refractivity contribution is 5.99. The van der Waals surface area contributed by atoms with E-state index in [4.69, 9.17) is 9.84 Å².